The van der Waals surface area contributed by atoms with E-state index in [2.05, 4.69) is 37.7 Å². The van der Waals surface area contributed by atoms with Crippen molar-refractivity contribution in [3.8, 4) is 5.88 Å². The Balaban J connectivity index is 3.11. The van der Waals surface area contributed by atoms with Gasteiger partial charge in [0.2, 0.25) is 5.88 Å². The number of rotatable bonds is 3. The molecule has 0 amide bonds. The van der Waals surface area contributed by atoms with Gasteiger partial charge in [0, 0.05) is 17.7 Å². The van der Waals surface area contributed by atoms with E-state index in [0.717, 1.165) is 11.4 Å². The summed E-state index contributed by atoms with van der Waals surface area (Å²) in [4.78, 5) is 8.70. The highest BCUT2D eigenvalue weighted by Gasteiger charge is 2.12. The van der Waals surface area contributed by atoms with E-state index in [0.29, 0.717) is 17.7 Å². The Hall–Kier alpha value is -1.12. The van der Waals surface area contributed by atoms with Gasteiger partial charge in [-0.05, 0) is 5.92 Å². The first-order chi connectivity index (χ1) is 6.56. The van der Waals surface area contributed by atoms with Crippen molar-refractivity contribution in [1.82, 2.24) is 9.97 Å². The fourth-order valence-corrected chi connectivity index (χ4v) is 1.23. The molecule has 0 saturated heterocycles. The molecule has 0 unspecified atom stereocenters. The summed E-state index contributed by atoms with van der Waals surface area (Å²) < 4.78 is 5.25. The standard InChI is InChI=1S/C11H18N2O/c1-7(2)9-6-12-10(8(3)4)13-11(9)14-5/h6-8H,1-5H3. The molecule has 1 rings (SSSR count). The van der Waals surface area contributed by atoms with E-state index < -0.39 is 0 Å². The van der Waals surface area contributed by atoms with Crippen molar-refractivity contribution < 1.29 is 4.74 Å². The molecule has 1 aromatic heterocycles. The largest absolute Gasteiger partial charge is 0.481 e. The van der Waals surface area contributed by atoms with Gasteiger partial charge in [-0.3, -0.25) is 0 Å². The van der Waals surface area contributed by atoms with Crippen LogP contribution in [0.5, 0.6) is 5.88 Å². The van der Waals surface area contributed by atoms with Crippen LogP contribution in [0.25, 0.3) is 0 Å². The van der Waals surface area contributed by atoms with Crippen LogP contribution in [0.3, 0.4) is 0 Å². The first kappa shape index (κ1) is 11.0. The van der Waals surface area contributed by atoms with Gasteiger partial charge < -0.3 is 4.74 Å². The second-order valence-electron chi connectivity index (χ2n) is 4.00. The van der Waals surface area contributed by atoms with Gasteiger partial charge in [-0.1, -0.05) is 27.7 Å². The molecule has 0 aliphatic heterocycles. The molecule has 0 N–H and O–H groups in total. The number of hydrogen-bond acceptors (Lipinski definition) is 3. The van der Waals surface area contributed by atoms with Crippen LogP contribution in [-0.2, 0) is 0 Å². The van der Waals surface area contributed by atoms with Crippen molar-refractivity contribution in [1.29, 1.82) is 0 Å². The summed E-state index contributed by atoms with van der Waals surface area (Å²) in [6.45, 7) is 8.36. The highest BCUT2D eigenvalue weighted by molar-refractivity contribution is 5.27. The fourth-order valence-electron chi connectivity index (χ4n) is 1.23. The molecular formula is C11H18N2O. The molecule has 78 valence electrons. The smallest absolute Gasteiger partial charge is 0.219 e. The lowest BCUT2D eigenvalue weighted by atomic mass is 10.1. The van der Waals surface area contributed by atoms with Crippen molar-refractivity contribution >= 4 is 0 Å². The van der Waals surface area contributed by atoms with E-state index >= 15 is 0 Å². The molecule has 3 heteroatoms. The molecule has 0 fully saturated rings. The van der Waals surface area contributed by atoms with Gasteiger partial charge in [0.15, 0.2) is 0 Å². The maximum Gasteiger partial charge on any atom is 0.219 e. The van der Waals surface area contributed by atoms with E-state index in [9.17, 15) is 0 Å². The van der Waals surface area contributed by atoms with Gasteiger partial charge in [0.25, 0.3) is 0 Å². The quantitative estimate of drug-likeness (QED) is 0.742. The zero-order valence-corrected chi connectivity index (χ0v) is 9.53. The van der Waals surface area contributed by atoms with Gasteiger partial charge in [0.05, 0.1) is 7.11 Å². The monoisotopic (exact) mass is 194 g/mol. The van der Waals surface area contributed by atoms with Crippen LogP contribution < -0.4 is 4.74 Å². The highest BCUT2D eigenvalue weighted by atomic mass is 16.5. The predicted octanol–water partition coefficient (Wildman–Crippen LogP) is 2.73. The average Bonchev–Trinajstić information content (AvgIpc) is 2.16. The molecule has 0 bridgehead atoms. The lowest BCUT2D eigenvalue weighted by molar-refractivity contribution is 0.386. The Labute approximate surface area is 85.5 Å². The van der Waals surface area contributed by atoms with E-state index in [-0.39, 0.29) is 0 Å². The predicted molar refractivity (Wildman–Crippen MR) is 56.8 cm³/mol. The summed E-state index contributed by atoms with van der Waals surface area (Å²) >= 11 is 0. The van der Waals surface area contributed by atoms with Crippen molar-refractivity contribution in [3.05, 3.63) is 17.6 Å². The molecule has 0 aromatic carbocycles. The number of nitrogens with zero attached hydrogens (tertiary/aromatic N) is 2. The van der Waals surface area contributed by atoms with E-state index in [1.807, 2.05) is 6.20 Å². The Morgan fingerprint density at radius 1 is 1.14 bits per heavy atom. The van der Waals surface area contributed by atoms with Crippen molar-refractivity contribution in [2.24, 2.45) is 0 Å². The summed E-state index contributed by atoms with van der Waals surface area (Å²) in [6, 6.07) is 0. The molecule has 0 spiro atoms. The number of hydrogen-bond donors (Lipinski definition) is 0. The molecule has 0 atom stereocenters. The maximum absolute atomic E-state index is 5.25. The molecule has 14 heavy (non-hydrogen) atoms. The third-order valence-corrected chi connectivity index (χ3v) is 2.13. The SMILES string of the molecule is COc1nc(C(C)C)ncc1C(C)C. The summed E-state index contributed by atoms with van der Waals surface area (Å²) in [5, 5.41) is 0. The third-order valence-electron chi connectivity index (χ3n) is 2.13. The minimum Gasteiger partial charge on any atom is -0.481 e. The number of ether oxygens (including phenoxy) is 1. The van der Waals surface area contributed by atoms with Crippen LogP contribution in [-0.4, -0.2) is 17.1 Å². The Kier molecular flexibility index (Phi) is 3.44. The first-order valence-electron chi connectivity index (χ1n) is 4.97. The Morgan fingerprint density at radius 2 is 1.79 bits per heavy atom. The molecule has 0 saturated carbocycles. The fraction of sp³-hybridized carbons (Fsp3) is 0.636. The van der Waals surface area contributed by atoms with Crippen molar-refractivity contribution in [2.75, 3.05) is 7.11 Å². The highest BCUT2D eigenvalue weighted by Crippen LogP contribution is 2.24. The minimum atomic E-state index is 0.338. The lowest BCUT2D eigenvalue weighted by Crippen LogP contribution is -2.04. The van der Waals surface area contributed by atoms with Crippen LogP contribution in [0.15, 0.2) is 6.20 Å². The van der Waals surface area contributed by atoms with Crippen molar-refractivity contribution in [3.63, 3.8) is 0 Å². The van der Waals surface area contributed by atoms with Crippen LogP contribution in [0, 0.1) is 0 Å². The number of aromatic nitrogens is 2. The van der Waals surface area contributed by atoms with Crippen molar-refractivity contribution in [2.45, 2.75) is 39.5 Å². The first-order valence-corrected chi connectivity index (χ1v) is 4.97. The topological polar surface area (TPSA) is 35.0 Å². The van der Waals surface area contributed by atoms with Gasteiger partial charge >= 0.3 is 0 Å². The minimum absolute atomic E-state index is 0.338. The molecule has 1 aromatic rings. The molecular weight excluding hydrogens is 176 g/mol. The Morgan fingerprint density at radius 3 is 2.21 bits per heavy atom. The van der Waals surface area contributed by atoms with E-state index in [1.165, 1.54) is 0 Å². The molecule has 0 aliphatic rings. The molecule has 0 radical (unpaired) electrons. The zero-order valence-electron chi connectivity index (χ0n) is 9.53. The lowest BCUT2D eigenvalue weighted by Gasteiger charge is -2.12. The molecule has 0 aliphatic carbocycles. The summed E-state index contributed by atoms with van der Waals surface area (Å²) in [5.74, 6) is 2.28. The normalized spacial score (nSPS) is 11.1. The second-order valence-corrected chi connectivity index (χ2v) is 4.00. The van der Waals surface area contributed by atoms with Crippen LogP contribution >= 0.6 is 0 Å². The summed E-state index contributed by atoms with van der Waals surface area (Å²) in [7, 11) is 1.65. The van der Waals surface area contributed by atoms with Gasteiger partial charge in [-0.15, -0.1) is 0 Å². The third kappa shape index (κ3) is 2.22. The van der Waals surface area contributed by atoms with Crippen LogP contribution in [0.1, 0.15) is 50.9 Å². The number of methoxy groups -OCH3 is 1. The van der Waals surface area contributed by atoms with E-state index in [4.69, 9.17) is 4.74 Å². The van der Waals surface area contributed by atoms with E-state index in [1.54, 1.807) is 7.11 Å². The average molecular weight is 194 g/mol. The van der Waals surface area contributed by atoms with Crippen LogP contribution in [0.2, 0.25) is 0 Å². The molecule has 3 nitrogen and oxygen atoms in total. The maximum atomic E-state index is 5.25. The Bertz CT molecular complexity index is 308. The van der Waals surface area contributed by atoms with Gasteiger partial charge in [-0.2, -0.15) is 4.98 Å². The van der Waals surface area contributed by atoms with Gasteiger partial charge in [0.1, 0.15) is 5.82 Å². The zero-order chi connectivity index (χ0) is 10.7. The summed E-state index contributed by atoms with van der Waals surface area (Å²) in [6.07, 6.45) is 1.87. The van der Waals surface area contributed by atoms with Gasteiger partial charge in [-0.25, -0.2) is 4.98 Å². The molecule has 1 heterocycles. The summed E-state index contributed by atoms with van der Waals surface area (Å²) in [5.41, 5.74) is 1.07. The second kappa shape index (κ2) is 4.40. The van der Waals surface area contributed by atoms with Crippen LogP contribution in [0.4, 0.5) is 0 Å².